The number of nitrogens with one attached hydrogen (secondary N) is 1. The lowest BCUT2D eigenvalue weighted by molar-refractivity contribution is -0.140. The molecule has 19 heavy (non-hydrogen) atoms. The van der Waals surface area contributed by atoms with Gasteiger partial charge in [-0.25, -0.2) is 0 Å². The molecule has 0 bridgehead atoms. The Balaban J connectivity index is 2.14. The van der Waals surface area contributed by atoms with E-state index >= 15 is 0 Å². The first-order valence-corrected chi connectivity index (χ1v) is 8.29. The highest BCUT2D eigenvalue weighted by Crippen LogP contribution is 2.30. The van der Waals surface area contributed by atoms with Gasteiger partial charge < -0.3 is 10.2 Å². The van der Waals surface area contributed by atoms with Crippen LogP contribution in [-0.4, -0.2) is 35.5 Å². The van der Waals surface area contributed by atoms with E-state index < -0.39 is 0 Å². The maximum atomic E-state index is 13.1. The Morgan fingerprint density at radius 2 is 2.11 bits per heavy atom. The van der Waals surface area contributed by atoms with Gasteiger partial charge in [-0.05, 0) is 45.1 Å². The van der Waals surface area contributed by atoms with Gasteiger partial charge in [0.15, 0.2) is 0 Å². The van der Waals surface area contributed by atoms with E-state index in [0.717, 1.165) is 45.2 Å². The molecule has 1 N–H and O–H groups in total. The summed E-state index contributed by atoms with van der Waals surface area (Å²) in [6.07, 6.45) is 10.3. The summed E-state index contributed by atoms with van der Waals surface area (Å²) in [7, 11) is 0. The minimum Gasteiger partial charge on any atom is -0.338 e. The van der Waals surface area contributed by atoms with E-state index in [4.69, 9.17) is 0 Å². The largest absolute Gasteiger partial charge is 0.338 e. The van der Waals surface area contributed by atoms with Crippen molar-refractivity contribution in [2.45, 2.75) is 83.2 Å². The molecular formula is C16H30N2O. The number of hydrogen-bond donors (Lipinski definition) is 1. The van der Waals surface area contributed by atoms with Crippen molar-refractivity contribution in [3.63, 3.8) is 0 Å². The third-order valence-corrected chi connectivity index (χ3v) is 4.94. The highest BCUT2D eigenvalue weighted by molar-refractivity contribution is 5.87. The average Bonchev–Trinajstić information content (AvgIpc) is 2.76. The number of nitrogens with zero attached hydrogens (tertiary/aromatic N) is 1. The lowest BCUT2D eigenvalue weighted by atomic mass is 9.89. The van der Waals surface area contributed by atoms with Crippen LogP contribution in [-0.2, 0) is 4.79 Å². The highest BCUT2D eigenvalue weighted by atomic mass is 16.2. The van der Waals surface area contributed by atoms with E-state index in [0.29, 0.717) is 11.9 Å². The molecule has 2 saturated heterocycles. The summed E-state index contributed by atoms with van der Waals surface area (Å²) in [5.74, 6) is 0.403. The first-order chi connectivity index (χ1) is 9.23. The van der Waals surface area contributed by atoms with E-state index in [1.54, 1.807) is 0 Å². The zero-order valence-electron chi connectivity index (χ0n) is 12.7. The van der Waals surface area contributed by atoms with Crippen molar-refractivity contribution in [3.8, 4) is 0 Å². The number of amides is 1. The number of carbonyl (C=O) groups excluding carboxylic acids is 1. The molecule has 2 aliphatic heterocycles. The van der Waals surface area contributed by atoms with Crippen LogP contribution in [0.3, 0.4) is 0 Å². The van der Waals surface area contributed by atoms with Crippen LogP contribution in [0.4, 0.5) is 0 Å². The third-order valence-electron chi connectivity index (χ3n) is 4.94. The molecule has 3 nitrogen and oxygen atoms in total. The molecule has 2 fully saturated rings. The molecule has 0 radical (unpaired) electrons. The van der Waals surface area contributed by atoms with Gasteiger partial charge in [0.25, 0.3) is 0 Å². The van der Waals surface area contributed by atoms with Crippen LogP contribution in [0.2, 0.25) is 0 Å². The van der Waals surface area contributed by atoms with Crippen LogP contribution in [0.15, 0.2) is 0 Å². The van der Waals surface area contributed by atoms with Gasteiger partial charge in [0.1, 0.15) is 0 Å². The monoisotopic (exact) mass is 266 g/mol. The number of likely N-dealkylation sites (tertiary alicyclic amines) is 1. The van der Waals surface area contributed by atoms with Crippen molar-refractivity contribution in [2.75, 3.05) is 13.1 Å². The van der Waals surface area contributed by atoms with Crippen LogP contribution in [0.1, 0.15) is 71.6 Å². The Morgan fingerprint density at radius 1 is 1.26 bits per heavy atom. The lowest BCUT2D eigenvalue weighted by Gasteiger charge is -2.38. The van der Waals surface area contributed by atoms with Crippen LogP contribution in [0, 0.1) is 0 Å². The number of carbonyl (C=O) groups is 1. The van der Waals surface area contributed by atoms with E-state index in [2.05, 4.69) is 24.1 Å². The summed E-state index contributed by atoms with van der Waals surface area (Å²) in [4.78, 5) is 15.3. The molecule has 0 aliphatic carbocycles. The number of rotatable bonds is 4. The van der Waals surface area contributed by atoms with E-state index in [9.17, 15) is 4.79 Å². The number of hydrogen-bond acceptors (Lipinski definition) is 2. The molecule has 2 unspecified atom stereocenters. The summed E-state index contributed by atoms with van der Waals surface area (Å²) < 4.78 is 0. The Bertz CT molecular complexity index is 297. The van der Waals surface area contributed by atoms with Crippen molar-refractivity contribution in [3.05, 3.63) is 0 Å². The molecule has 0 spiro atoms. The highest BCUT2D eigenvalue weighted by Gasteiger charge is 2.43. The molecule has 1 amide bonds. The molecule has 2 heterocycles. The molecule has 3 heteroatoms. The SMILES string of the molecule is CCCC1(C(=O)N2CCCCCC2CC)CCCN1. The van der Waals surface area contributed by atoms with Gasteiger partial charge in [-0.1, -0.05) is 33.1 Å². The molecule has 0 aromatic rings. The first-order valence-electron chi connectivity index (χ1n) is 8.29. The molecule has 0 saturated carbocycles. The van der Waals surface area contributed by atoms with Crippen molar-refractivity contribution >= 4 is 5.91 Å². The fourth-order valence-corrected chi connectivity index (χ4v) is 3.88. The fourth-order valence-electron chi connectivity index (χ4n) is 3.88. The molecule has 2 rings (SSSR count). The van der Waals surface area contributed by atoms with E-state index in [-0.39, 0.29) is 5.54 Å². The van der Waals surface area contributed by atoms with Crippen LogP contribution >= 0.6 is 0 Å². The minimum atomic E-state index is -0.230. The molecule has 110 valence electrons. The van der Waals surface area contributed by atoms with E-state index in [1.807, 2.05) is 0 Å². The normalized spacial score (nSPS) is 32.3. The average molecular weight is 266 g/mol. The van der Waals surface area contributed by atoms with Gasteiger partial charge in [0.2, 0.25) is 5.91 Å². The zero-order valence-corrected chi connectivity index (χ0v) is 12.7. The molecular weight excluding hydrogens is 236 g/mol. The first kappa shape index (κ1) is 14.8. The van der Waals surface area contributed by atoms with E-state index in [1.165, 1.54) is 25.7 Å². The van der Waals surface area contributed by atoms with Crippen molar-refractivity contribution < 1.29 is 4.79 Å². The Morgan fingerprint density at radius 3 is 2.74 bits per heavy atom. The Labute approximate surface area is 118 Å². The van der Waals surface area contributed by atoms with Crippen LogP contribution in [0.25, 0.3) is 0 Å². The Hall–Kier alpha value is -0.570. The summed E-state index contributed by atoms with van der Waals surface area (Å²) in [6.45, 7) is 6.40. The Kier molecular flexibility index (Phi) is 5.26. The second-order valence-electron chi connectivity index (χ2n) is 6.27. The van der Waals surface area contributed by atoms with Crippen molar-refractivity contribution in [2.24, 2.45) is 0 Å². The summed E-state index contributed by atoms with van der Waals surface area (Å²) >= 11 is 0. The second-order valence-corrected chi connectivity index (χ2v) is 6.27. The maximum absolute atomic E-state index is 13.1. The van der Waals surface area contributed by atoms with Crippen molar-refractivity contribution in [1.29, 1.82) is 0 Å². The van der Waals surface area contributed by atoms with Crippen molar-refractivity contribution in [1.82, 2.24) is 10.2 Å². The third kappa shape index (κ3) is 3.13. The minimum absolute atomic E-state index is 0.230. The van der Waals surface area contributed by atoms with Gasteiger partial charge in [-0.15, -0.1) is 0 Å². The van der Waals surface area contributed by atoms with Gasteiger partial charge in [-0.3, -0.25) is 4.79 Å². The van der Waals surface area contributed by atoms with Crippen LogP contribution in [0.5, 0.6) is 0 Å². The predicted molar refractivity (Wildman–Crippen MR) is 79.1 cm³/mol. The smallest absolute Gasteiger partial charge is 0.243 e. The van der Waals surface area contributed by atoms with Gasteiger partial charge in [-0.2, -0.15) is 0 Å². The topological polar surface area (TPSA) is 32.3 Å². The second kappa shape index (κ2) is 6.74. The maximum Gasteiger partial charge on any atom is 0.243 e. The van der Waals surface area contributed by atoms with Gasteiger partial charge >= 0.3 is 0 Å². The standard InChI is InChI=1S/C16H30N2O/c1-3-10-16(11-8-12-17-16)15(19)18-13-7-5-6-9-14(18)4-2/h14,17H,3-13H2,1-2H3. The van der Waals surface area contributed by atoms with Gasteiger partial charge in [0, 0.05) is 12.6 Å². The quantitative estimate of drug-likeness (QED) is 0.848. The summed E-state index contributed by atoms with van der Waals surface area (Å²) in [5.41, 5.74) is -0.230. The molecule has 0 aromatic carbocycles. The molecule has 2 atom stereocenters. The summed E-state index contributed by atoms with van der Waals surface area (Å²) in [5, 5.41) is 3.54. The van der Waals surface area contributed by atoms with Crippen LogP contribution < -0.4 is 5.32 Å². The van der Waals surface area contributed by atoms with Gasteiger partial charge in [0.05, 0.1) is 5.54 Å². The fraction of sp³-hybridized carbons (Fsp3) is 0.938. The lowest BCUT2D eigenvalue weighted by Crippen LogP contribution is -2.57. The zero-order chi connectivity index (χ0) is 13.7. The molecule has 2 aliphatic rings. The summed E-state index contributed by atoms with van der Waals surface area (Å²) in [6, 6.07) is 0.478. The predicted octanol–water partition coefficient (Wildman–Crippen LogP) is 3.09. The molecule has 0 aromatic heterocycles.